The van der Waals surface area contributed by atoms with Crippen molar-refractivity contribution in [2.45, 2.75) is 6.61 Å². The van der Waals surface area contributed by atoms with Gasteiger partial charge >= 0.3 is 6.61 Å². The predicted octanol–water partition coefficient (Wildman–Crippen LogP) is 4.96. The third-order valence-corrected chi connectivity index (χ3v) is 4.15. The van der Waals surface area contributed by atoms with Gasteiger partial charge in [0.1, 0.15) is 16.8 Å². The van der Waals surface area contributed by atoms with Crippen LogP contribution >= 0.6 is 11.3 Å². The average molecular weight is 328 g/mol. The third kappa shape index (κ3) is 3.35. The Labute approximate surface area is 135 Å². The Morgan fingerprint density at radius 3 is 2.65 bits per heavy atom. The molecule has 0 saturated heterocycles. The van der Waals surface area contributed by atoms with E-state index in [2.05, 4.69) is 15.8 Å². The number of para-hydroxylation sites is 2. The molecule has 0 aliphatic heterocycles. The molecule has 0 radical (unpaired) electrons. The normalized spacial score (nSPS) is 11.7. The quantitative estimate of drug-likeness (QED) is 0.636. The standard InChI is InChI=1S/C17H10F2N2OS/c18-17(19)22-14-7-3-1-5-11(14)9-12(10-20)16-21-13-6-2-4-8-15(13)23-16/h1-9,17H/b12-9-. The van der Waals surface area contributed by atoms with Gasteiger partial charge in [-0.2, -0.15) is 14.0 Å². The number of aromatic nitrogens is 1. The summed E-state index contributed by atoms with van der Waals surface area (Å²) in [5, 5.41) is 9.94. The van der Waals surface area contributed by atoms with Crippen molar-refractivity contribution in [3.05, 3.63) is 59.1 Å². The van der Waals surface area contributed by atoms with Gasteiger partial charge in [0, 0.05) is 5.56 Å². The van der Waals surface area contributed by atoms with Crippen LogP contribution in [-0.4, -0.2) is 11.6 Å². The van der Waals surface area contributed by atoms with E-state index < -0.39 is 6.61 Å². The number of nitriles is 1. The van der Waals surface area contributed by atoms with Crippen LogP contribution in [-0.2, 0) is 0 Å². The maximum Gasteiger partial charge on any atom is 0.387 e. The molecule has 2 aromatic carbocycles. The van der Waals surface area contributed by atoms with Crippen molar-refractivity contribution in [3.8, 4) is 11.8 Å². The highest BCUT2D eigenvalue weighted by Gasteiger charge is 2.12. The first-order valence-electron chi connectivity index (χ1n) is 6.69. The molecular formula is C17H10F2N2OS. The second-order valence-corrected chi connectivity index (χ2v) is 5.60. The van der Waals surface area contributed by atoms with E-state index in [1.807, 2.05) is 24.3 Å². The first-order chi connectivity index (χ1) is 11.2. The van der Waals surface area contributed by atoms with E-state index in [0.717, 1.165) is 10.2 Å². The number of ether oxygens (including phenoxy) is 1. The Morgan fingerprint density at radius 1 is 1.17 bits per heavy atom. The molecule has 0 N–H and O–H groups in total. The molecule has 0 unspecified atom stereocenters. The Balaban J connectivity index is 2.04. The van der Waals surface area contributed by atoms with Crippen LogP contribution in [0.15, 0.2) is 48.5 Å². The Bertz CT molecular complexity index is 879. The van der Waals surface area contributed by atoms with Crippen LogP contribution in [0, 0.1) is 11.3 Å². The lowest BCUT2D eigenvalue weighted by molar-refractivity contribution is -0.0499. The molecule has 3 rings (SSSR count). The molecule has 0 bridgehead atoms. The van der Waals surface area contributed by atoms with Crippen molar-refractivity contribution in [1.29, 1.82) is 5.26 Å². The van der Waals surface area contributed by atoms with Crippen molar-refractivity contribution in [2.75, 3.05) is 0 Å². The molecule has 0 amide bonds. The van der Waals surface area contributed by atoms with Crippen LogP contribution in [0.5, 0.6) is 5.75 Å². The molecule has 23 heavy (non-hydrogen) atoms. The first kappa shape index (κ1) is 15.1. The lowest BCUT2D eigenvalue weighted by Crippen LogP contribution is -2.03. The van der Waals surface area contributed by atoms with Gasteiger partial charge in [-0.3, -0.25) is 0 Å². The number of allylic oxidation sites excluding steroid dienone is 1. The Kier molecular flexibility index (Phi) is 4.31. The van der Waals surface area contributed by atoms with Crippen LogP contribution in [0.25, 0.3) is 21.9 Å². The number of alkyl halides is 2. The molecule has 0 aliphatic rings. The Morgan fingerprint density at radius 2 is 1.91 bits per heavy atom. The average Bonchev–Trinajstić information content (AvgIpc) is 2.97. The minimum Gasteiger partial charge on any atom is -0.434 e. The summed E-state index contributed by atoms with van der Waals surface area (Å²) in [7, 11) is 0. The fraction of sp³-hybridized carbons (Fsp3) is 0.0588. The van der Waals surface area contributed by atoms with E-state index in [4.69, 9.17) is 0 Å². The second kappa shape index (κ2) is 6.55. The third-order valence-electron chi connectivity index (χ3n) is 3.08. The van der Waals surface area contributed by atoms with E-state index in [-0.39, 0.29) is 5.75 Å². The summed E-state index contributed by atoms with van der Waals surface area (Å²) >= 11 is 1.38. The molecule has 1 aromatic heterocycles. The lowest BCUT2D eigenvalue weighted by atomic mass is 10.1. The molecule has 0 fully saturated rings. The largest absolute Gasteiger partial charge is 0.434 e. The number of benzene rings is 2. The summed E-state index contributed by atoms with van der Waals surface area (Å²) in [4.78, 5) is 4.41. The van der Waals surface area contributed by atoms with Crippen molar-refractivity contribution in [1.82, 2.24) is 4.98 Å². The minimum atomic E-state index is -2.92. The molecule has 114 valence electrons. The van der Waals surface area contributed by atoms with Gasteiger partial charge in [-0.05, 0) is 24.3 Å². The summed E-state index contributed by atoms with van der Waals surface area (Å²) in [5.41, 5.74) is 1.51. The number of nitrogens with zero attached hydrogens (tertiary/aromatic N) is 2. The smallest absolute Gasteiger partial charge is 0.387 e. The first-order valence-corrected chi connectivity index (χ1v) is 7.50. The van der Waals surface area contributed by atoms with Gasteiger partial charge in [-0.1, -0.05) is 30.3 Å². The maximum absolute atomic E-state index is 12.5. The van der Waals surface area contributed by atoms with Crippen LogP contribution in [0.3, 0.4) is 0 Å². The molecular weight excluding hydrogens is 318 g/mol. The predicted molar refractivity (Wildman–Crippen MR) is 86.2 cm³/mol. The SMILES string of the molecule is N#C/C(=C/c1ccccc1OC(F)F)c1nc2ccccc2s1. The molecule has 0 spiro atoms. The zero-order chi connectivity index (χ0) is 16.2. The van der Waals surface area contributed by atoms with Gasteiger partial charge in [0.15, 0.2) is 0 Å². The van der Waals surface area contributed by atoms with E-state index in [0.29, 0.717) is 16.1 Å². The molecule has 1 heterocycles. The van der Waals surface area contributed by atoms with E-state index in [1.165, 1.54) is 23.5 Å². The number of rotatable bonds is 4. The van der Waals surface area contributed by atoms with Crippen LogP contribution in [0.2, 0.25) is 0 Å². The van der Waals surface area contributed by atoms with Gasteiger partial charge in [-0.15, -0.1) is 11.3 Å². The van der Waals surface area contributed by atoms with Gasteiger partial charge in [0.2, 0.25) is 0 Å². The highest BCUT2D eigenvalue weighted by Crippen LogP contribution is 2.30. The molecule has 0 atom stereocenters. The van der Waals surface area contributed by atoms with Gasteiger partial charge in [0.25, 0.3) is 0 Å². The van der Waals surface area contributed by atoms with Crippen molar-refractivity contribution in [2.24, 2.45) is 0 Å². The summed E-state index contributed by atoms with van der Waals surface area (Å²) in [6.07, 6.45) is 1.51. The van der Waals surface area contributed by atoms with Gasteiger partial charge < -0.3 is 4.74 Å². The maximum atomic E-state index is 12.5. The van der Waals surface area contributed by atoms with Crippen molar-refractivity contribution in [3.63, 3.8) is 0 Å². The Hall–Kier alpha value is -2.78. The van der Waals surface area contributed by atoms with Crippen LogP contribution < -0.4 is 4.74 Å². The minimum absolute atomic E-state index is 0.0244. The topological polar surface area (TPSA) is 45.9 Å². The number of halogens is 2. The molecule has 0 aliphatic carbocycles. The molecule has 3 aromatic rings. The van der Waals surface area contributed by atoms with E-state index >= 15 is 0 Å². The fourth-order valence-electron chi connectivity index (χ4n) is 2.09. The summed E-state index contributed by atoms with van der Waals surface area (Å²) < 4.78 is 30.4. The van der Waals surface area contributed by atoms with Gasteiger partial charge in [-0.25, -0.2) is 4.98 Å². The number of fused-ring (bicyclic) bond motifs is 1. The summed E-state index contributed by atoms with van der Waals surface area (Å²) in [6.45, 7) is -2.92. The van der Waals surface area contributed by atoms with Crippen molar-refractivity contribution >= 4 is 33.2 Å². The number of hydrogen-bond acceptors (Lipinski definition) is 4. The van der Waals surface area contributed by atoms with E-state index in [9.17, 15) is 14.0 Å². The van der Waals surface area contributed by atoms with Gasteiger partial charge in [0.05, 0.1) is 15.8 Å². The molecule has 3 nitrogen and oxygen atoms in total. The summed E-state index contributed by atoms with van der Waals surface area (Å²) in [6, 6.07) is 16.0. The zero-order valence-electron chi connectivity index (χ0n) is 11.7. The van der Waals surface area contributed by atoms with Crippen LogP contribution in [0.4, 0.5) is 8.78 Å². The van der Waals surface area contributed by atoms with E-state index in [1.54, 1.807) is 18.2 Å². The zero-order valence-corrected chi connectivity index (χ0v) is 12.6. The lowest BCUT2D eigenvalue weighted by Gasteiger charge is -2.07. The number of hydrogen-bond donors (Lipinski definition) is 0. The molecule has 6 heteroatoms. The van der Waals surface area contributed by atoms with Crippen LogP contribution in [0.1, 0.15) is 10.6 Å². The highest BCUT2D eigenvalue weighted by atomic mass is 32.1. The fourth-order valence-corrected chi connectivity index (χ4v) is 3.02. The number of thiazole rings is 1. The molecule has 0 saturated carbocycles. The van der Waals surface area contributed by atoms with Crippen molar-refractivity contribution < 1.29 is 13.5 Å². The summed E-state index contributed by atoms with van der Waals surface area (Å²) in [5.74, 6) is 0.0244. The monoisotopic (exact) mass is 328 g/mol. The second-order valence-electron chi connectivity index (χ2n) is 4.57. The highest BCUT2D eigenvalue weighted by molar-refractivity contribution is 7.19.